The number of halogens is 1. The zero-order chi connectivity index (χ0) is 15.4. The first kappa shape index (κ1) is 18.5. The largest absolute Gasteiger partial charge is 1.00 e. The topological polar surface area (TPSA) is 64.4 Å². The van der Waals surface area contributed by atoms with Crippen LogP contribution in [0.25, 0.3) is 11.2 Å². The van der Waals surface area contributed by atoms with Crippen LogP contribution in [0.15, 0.2) is 16.9 Å². The fourth-order valence-electron chi connectivity index (χ4n) is 2.40. The predicted molar refractivity (Wildman–Crippen MR) is 83.0 cm³/mol. The molecule has 2 aromatic rings. The molecule has 0 aliphatic heterocycles. The van der Waals surface area contributed by atoms with Gasteiger partial charge in [-0.1, -0.05) is 0 Å². The zero-order valence-corrected chi connectivity index (χ0v) is 14.4. The third-order valence-electron chi connectivity index (χ3n) is 3.64. The summed E-state index contributed by atoms with van der Waals surface area (Å²) in [4.78, 5) is 20.9. The Hall–Kier alpha value is -1.53. The van der Waals surface area contributed by atoms with Crippen LogP contribution in [0.3, 0.4) is 0 Å². The Kier molecular flexibility index (Phi) is 6.90. The van der Waals surface area contributed by atoms with E-state index in [2.05, 4.69) is 23.8 Å². The number of rotatable bonds is 7. The number of imidazole rings is 1. The van der Waals surface area contributed by atoms with Crippen molar-refractivity contribution in [1.82, 2.24) is 14.5 Å². The highest BCUT2D eigenvalue weighted by Gasteiger charge is 2.12. The molecule has 124 valence electrons. The van der Waals surface area contributed by atoms with Crippen LogP contribution >= 0.6 is 0 Å². The Bertz CT molecular complexity index is 647. The van der Waals surface area contributed by atoms with Gasteiger partial charge in [0.15, 0.2) is 5.65 Å². The number of hydrogen-bond donors (Lipinski definition) is 2. The highest BCUT2D eigenvalue weighted by atomic mass is 35.5. The van der Waals surface area contributed by atoms with Crippen LogP contribution in [0.4, 0.5) is 0 Å². The van der Waals surface area contributed by atoms with Crippen LogP contribution in [0.5, 0.6) is 5.88 Å². The fraction of sp³-hybridized carbons (Fsp3) is 0.600. The number of aromatic amines is 1. The molecular formula is C15H25ClN4O2. The van der Waals surface area contributed by atoms with E-state index in [0.29, 0.717) is 18.1 Å². The van der Waals surface area contributed by atoms with Crippen molar-refractivity contribution >= 4 is 11.2 Å². The molecule has 0 aliphatic rings. The van der Waals surface area contributed by atoms with E-state index in [1.165, 1.54) is 4.90 Å². The Morgan fingerprint density at radius 2 is 2.00 bits per heavy atom. The summed E-state index contributed by atoms with van der Waals surface area (Å²) in [5.41, 5.74) is 1.32. The van der Waals surface area contributed by atoms with Crippen molar-refractivity contribution < 1.29 is 22.0 Å². The van der Waals surface area contributed by atoms with Crippen molar-refractivity contribution in [3.8, 4) is 5.88 Å². The van der Waals surface area contributed by atoms with E-state index in [0.717, 1.165) is 25.2 Å². The lowest BCUT2D eigenvalue weighted by molar-refractivity contribution is -0.897. The van der Waals surface area contributed by atoms with Crippen LogP contribution in [0.1, 0.15) is 27.7 Å². The van der Waals surface area contributed by atoms with E-state index in [4.69, 9.17) is 4.74 Å². The van der Waals surface area contributed by atoms with Crippen molar-refractivity contribution in [2.45, 2.75) is 40.3 Å². The lowest BCUT2D eigenvalue weighted by Gasteiger charge is -2.15. The summed E-state index contributed by atoms with van der Waals surface area (Å²) in [6.07, 6.45) is 0.0641. The molecule has 0 radical (unpaired) electrons. The molecule has 0 saturated heterocycles. The number of fused-ring (bicyclic) bond motifs is 1. The van der Waals surface area contributed by atoms with E-state index in [1.54, 1.807) is 10.6 Å². The van der Waals surface area contributed by atoms with Crippen LogP contribution in [-0.4, -0.2) is 40.3 Å². The van der Waals surface area contributed by atoms with Crippen LogP contribution < -0.4 is 27.7 Å². The minimum absolute atomic E-state index is 0. The van der Waals surface area contributed by atoms with Gasteiger partial charge in [0.25, 0.3) is 0 Å². The maximum Gasteiger partial charge on any atom is 0.327 e. The Morgan fingerprint density at radius 1 is 1.32 bits per heavy atom. The van der Waals surface area contributed by atoms with Crippen LogP contribution in [-0.2, 0) is 6.54 Å². The van der Waals surface area contributed by atoms with Gasteiger partial charge in [-0.25, -0.2) is 4.79 Å². The molecule has 0 aliphatic carbocycles. The summed E-state index contributed by atoms with van der Waals surface area (Å²) in [5, 5.41) is 0. The molecule has 0 atom stereocenters. The Labute approximate surface area is 136 Å². The van der Waals surface area contributed by atoms with Crippen molar-refractivity contribution in [3.05, 3.63) is 22.6 Å². The normalized spacial score (nSPS) is 11.2. The molecule has 2 N–H and O–H groups in total. The summed E-state index contributed by atoms with van der Waals surface area (Å²) < 4.78 is 7.31. The molecule has 0 saturated carbocycles. The lowest BCUT2D eigenvalue weighted by Crippen LogP contribution is -3.11. The number of nitrogens with zero attached hydrogens (tertiary/aromatic N) is 2. The van der Waals surface area contributed by atoms with Gasteiger partial charge >= 0.3 is 5.69 Å². The number of pyridine rings is 1. The number of ether oxygens (including phenoxy) is 1. The Balaban J connectivity index is 0.00000242. The third kappa shape index (κ3) is 4.24. The second-order valence-corrected chi connectivity index (χ2v) is 5.48. The second-order valence-electron chi connectivity index (χ2n) is 5.48. The second kappa shape index (κ2) is 8.19. The van der Waals surface area contributed by atoms with Gasteiger partial charge in [0, 0.05) is 6.07 Å². The van der Waals surface area contributed by atoms with Crippen molar-refractivity contribution in [3.63, 3.8) is 0 Å². The maximum absolute atomic E-state index is 12.1. The molecule has 6 nitrogen and oxygen atoms in total. The van der Waals surface area contributed by atoms with Crippen molar-refractivity contribution in [1.29, 1.82) is 0 Å². The Morgan fingerprint density at radius 3 is 2.59 bits per heavy atom. The number of hydrogen-bond acceptors (Lipinski definition) is 3. The standard InChI is InChI=1S/C15H24N4O2.ClH/c1-5-18(6-2)9-10-19-14-12(16-15(19)20)7-8-13(17-14)21-11(3)4;/h7-8,11H,5-6,9-10H2,1-4H3,(H,16,20);1H. The van der Waals surface area contributed by atoms with Gasteiger partial charge in [0.1, 0.15) is 0 Å². The van der Waals surface area contributed by atoms with E-state index in [9.17, 15) is 4.79 Å². The van der Waals surface area contributed by atoms with E-state index >= 15 is 0 Å². The van der Waals surface area contributed by atoms with Gasteiger partial charge in [-0.3, -0.25) is 4.57 Å². The first-order chi connectivity index (χ1) is 10.0. The summed E-state index contributed by atoms with van der Waals surface area (Å²) in [7, 11) is 0. The zero-order valence-electron chi connectivity index (χ0n) is 13.6. The van der Waals surface area contributed by atoms with Gasteiger partial charge in [-0.05, 0) is 33.8 Å². The molecule has 2 rings (SSSR count). The molecule has 0 unspecified atom stereocenters. The molecule has 0 aromatic carbocycles. The predicted octanol–water partition coefficient (Wildman–Crippen LogP) is -2.56. The quantitative estimate of drug-likeness (QED) is 0.588. The monoisotopic (exact) mass is 328 g/mol. The minimum atomic E-state index is -0.106. The van der Waals surface area contributed by atoms with Gasteiger partial charge in [-0.15, -0.1) is 0 Å². The number of aromatic nitrogens is 3. The molecule has 22 heavy (non-hydrogen) atoms. The first-order valence-electron chi connectivity index (χ1n) is 7.64. The van der Waals surface area contributed by atoms with Crippen LogP contribution in [0.2, 0.25) is 0 Å². The molecule has 0 bridgehead atoms. The number of likely N-dealkylation sites (N-methyl/N-ethyl adjacent to an activating group) is 1. The van der Waals surface area contributed by atoms with Gasteiger partial charge in [0.05, 0.1) is 37.8 Å². The van der Waals surface area contributed by atoms with Gasteiger partial charge in [0.2, 0.25) is 5.88 Å². The smallest absolute Gasteiger partial charge is 0.327 e. The molecular weight excluding hydrogens is 304 g/mol. The van der Waals surface area contributed by atoms with Crippen molar-refractivity contribution in [2.75, 3.05) is 19.6 Å². The molecule has 2 aromatic heterocycles. The van der Waals surface area contributed by atoms with Crippen LogP contribution in [0, 0.1) is 0 Å². The SMILES string of the molecule is CC[NH+](CC)CCn1c(=O)[nH]c2ccc(OC(C)C)nc21.[Cl-]. The fourth-order valence-corrected chi connectivity index (χ4v) is 2.40. The van der Waals surface area contributed by atoms with E-state index < -0.39 is 0 Å². The lowest BCUT2D eigenvalue weighted by atomic mass is 10.4. The molecule has 0 fully saturated rings. The summed E-state index contributed by atoms with van der Waals surface area (Å²) >= 11 is 0. The summed E-state index contributed by atoms with van der Waals surface area (Å²) in [6.45, 7) is 11.9. The highest BCUT2D eigenvalue weighted by Crippen LogP contribution is 2.14. The summed E-state index contributed by atoms with van der Waals surface area (Å²) in [5.74, 6) is 0.556. The third-order valence-corrected chi connectivity index (χ3v) is 3.64. The van der Waals surface area contributed by atoms with E-state index in [1.807, 2.05) is 19.9 Å². The number of quaternary nitrogens is 1. The van der Waals surface area contributed by atoms with Crippen molar-refractivity contribution in [2.24, 2.45) is 0 Å². The average molecular weight is 329 g/mol. The molecule has 2 heterocycles. The molecule has 0 spiro atoms. The summed E-state index contributed by atoms with van der Waals surface area (Å²) in [6, 6.07) is 3.64. The highest BCUT2D eigenvalue weighted by molar-refractivity contribution is 5.71. The number of H-pyrrole nitrogens is 1. The first-order valence-corrected chi connectivity index (χ1v) is 7.64. The molecule has 7 heteroatoms. The maximum atomic E-state index is 12.1. The number of nitrogens with one attached hydrogen (secondary N) is 2. The van der Waals surface area contributed by atoms with Gasteiger partial charge in [-0.2, -0.15) is 4.98 Å². The van der Waals surface area contributed by atoms with E-state index in [-0.39, 0.29) is 24.2 Å². The molecule has 0 amide bonds. The minimum Gasteiger partial charge on any atom is -1.00 e. The average Bonchev–Trinajstić information content (AvgIpc) is 2.75. The van der Waals surface area contributed by atoms with Gasteiger partial charge < -0.3 is 27.0 Å².